The zero-order chi connectivity index (χ0) is 20.9. The summed E-state index contributed by atoms with van der Waals surface area (Å²) in [5.74, 6) is -0.179. The van der Waals surface area contributed by atoms with Gasteiger partial charge in [0.2, 0.25) is 15.9 Å². The quantitative estimate of drug-likeness (QED) is 0.649. The van der Waals surface area contributed by atoms with Crippen LogP contribution in [0.1, 0.15) is 23.2 Å². The molecule has 0 bridgehead atoms. The largest absolute Gasteiger partial charge is 0.352 e. The molecule has 1 aromatic heterocycles. The minimum atomic E-state index is -3.68. The summed E-state index contributed by atoms with van der Waals surface area (Å²) in [4.78, 5) is 26.0. The number of benzene rings is 1. The van der Waals surface area contributed by atoms with Gasteiger partial charge in [-0.3, -0.25) is 9.59 Å². The number of nitrogens with one attached hydrogen (secondary N) is 1. The zero-order valence-corrected chi connectivity index (χ0v) is 18.1. The standard InChI is InChI=1S/C19H22ClN3O4S2/c20-16-4-1-2-5-17(16)29(26,27)23-11-9-22(10-12-23)18(24)6-3-8-21-19(25)15-7-13-28-14-15/h1-2,4-5,7,13-14H,3,6,8-12H2,(H,21,25). The van der Waals surface area contributed by atoms with Gasteiger partial charge in [-0.15, -0.1) is 0 Å². The summed E-state index contributed by atoms with van der Waals surface area (Å²) in [7, 11) is -3.68. The van der Waals surface area contributed by atoms with Crippen molar-refractivity contribution >= 4 is 44.8 Å². The molecule has 0 saturated carbocycles. The Hall–Kier alpha value is -1.94. The maximum Gasteiger partial charge on any atom is 0.252 e. The van der Waals surface area contributed by atoms with Crippen molar-refractivity contribution in [2.75, 3.05) is 32.7 Å². The van der Waals surface area contributed by atoms with E-state index in [9.17, 15) is 18.0 Å². The summed E-state index contributed by atoms with van der Waals surface area (Å²) in [6, 6.07) is 8.10. The first-order valence-electron chi connectivity index (χ1n) is 9.22. The van der Waals surface area contributed by atoms with Crippen molar-refractivity contribution in [3.8, 4) is 0 Å². The Bertz CT molecular complexity index is 956. The Labute approximate surface area is 179 Å². The van der Waals surface area contributed by atoms with Crippen molar-refractivity contribution in [1.82, 2.24) is 14.5 Å². The Kier molecular flexibility index (Phi) is 7.28. The number of hydrogen-bond donors (Lipinski definition) is 1. The molecule has 1 saturated heterocycles. The summed E-state index contributed by atoms with van der Waals surface area (Å²) in [5.41, 5.74) is 0.622. The van der Waals surface area contributed by atoms with Crippen molar-refractivity contribution < 1.29 is 18.0 Å². The molecule has 0 radical (unpaired) electrons. The Balaban J connectivity index is 1.43. The predicted octanol–water partition coefficient (Wildman–Crippen LogP) is 2.44. The number of rotatable bonds is 7. The number of piperazine rings is 1. The third-order valence-electron chi connectivity index (χ3n) is 4.68. The average molecular weight is 456 g/mol. The van der Waals surface area contributed by atoms with Crippen LogP contribution in [0.4, 0.5) is 0 Å². The Morgan fingerprint density at radius 1 is 1.10 bits per heavy atom. The molecule has 7 nitrogen and oxygen atoms in total. The molecule has 10 heteroatoms. The highest BCUT2D eigenvalue weighted by Gasteiger charge is 2.31. The van der Waals surface area contributed by atoms with Gasteiger partial charge in [-0.05, 0) is 30.0 Å². The van der Waals surface area contributed by atoms with Crippen LogP contribution in [0.3, 0.4) is 0 Å². The van der Waals surface area contributed by atoms with E-state index in [4.69, 9.17) is 11.6 Å². The molecule has 29 heavy (non-hydrogen) atoms. The third-order valence-corrected chi connectivity index (χ3v) is 7.76. The van der Waals surface area contributed by atoms with Crippen molar-refractivity contribution in [2.45, 2.75) is 17.7 Å². The fourth-order valence-corrected chi connectivity index (χ4v) is 5.62. The topological polar surface area (TPSA) is 86.8 Å². The number of amides is 2. The highest BCUT2D eigenvalue weighted by Crippen LogP contribution is 2.25. The van der Waals surface area contributed by atoms with Crippen LogP contribution in [0, 0.1) is 0 Å². The van der Waals surface area contributed by atoms with Crippen LogP contribution in [0.25, 0.3) is 0 Å². The van der Waals surface area contributed by atoms with E-state index in [1.807, 2.05) is 5.38 Å². The first kappa shape index (κ1) is 21.8. The van der Waals surface area contributed by atoms with Crippen molar-refractivity contribution in [2.24, 2.45) is 0 Å². The number of sulfonamides is 1. The van der Waals surface area contributed by atoms with E-state index < -0.39 is 10.0 Å². The van der Waals surface area contributed by atoms with Crippen molar-refractivity contribution in [3.05, 3.63) is 51.7 Å². The summed E-state index contributed by atoms with van der Waals surface area (Å²) in [5, 5.41) is 6.59. The minimum absolute atomic E-state index is 0.0374. The molecular weight excluding hydrogens is 434 g/mol. The molecule has 0 aliphatic carbocycles. The van der Waals surface area contributed by atoms with E-state index in [1.54, 1.807) is 34.5 Å². The van der Waals surface area contributed by atoms with E-state index in [2.05, 4.69) is 5.32 Å². The predicted molar refractivity (Wildman–Crippen MR) is 113 cm³/mol. The average Bonchev–Trinajstić information content (AvgIpc) is 3.26. The van der Waals surface area contributed by atoms with Crippen LogP contribution >= 0.6 is 22.9 Å². The lowest BCUT2D eigenvalue weighted by molar-refractivity contribution is -0.132. The molecule has 156 valence electrons. The summed E-state index contributed by atoms with van der Waals surface area (Å²) in [6.45, 7) is 1.55. The zero-order valence-electron chi connectivity index (χ0n) is 15.7. The summed E-state index contributed by atoms with van der Waals surface area (Å²) >= 11 is 7.49. The number of hydrogen-bond acceptors (Lipinski definition) is 5. The van der Waals surface area contributed by atoms with Gasteiger partial charge in [-0.25, -0.2) is 8.42 Å². The van der Waals surface area contributed by atoms with Crippen LogP contribution in [-0.2, 0) is 14.8 Å². The number of carbonyl (C=O) groups is 2. The van der Waals surface area contributed by atoms with Crippen molar-refractivity contribution in [1.29, 1.82) is 0 Å². The molecule has 1 N–H and O–H groups in total. The van der Waals surface area contributed by atoms with Crippen molar-refractivity contribution in [3.63, 3.8) is 0 Å². The minimum Gasteiger partial charge on any atom is -0.352 e. The van der Waals surface area contributed by atoms with Crippen LogP contribution in [0.2, 0.25) is 5.02 Å². The molecule has 1 fully saturated rings. The molecule has 0 atom stereocenters. The molecule has 0 spiro atoms. The molecule has 2 aromatic rings. The van der Waals surface area contributed by atoms with E-state index in [0.717, 1.165) is 0 Å². The second-order valence-corrected chi connectivity index (χ2v) is 9.68. The molecule has 0 unspecified atom stereocenters. The molecule has 1 aliphatic rings. The molecule has 3 rings (SSSR count). The van der Waals surface area contributed by atoms with Crippen LogP contribution in [-0.4, -0.2) is 62.2 Å². The van der Waals surface area contributed by atoms with Crippen LogP contribution < -0.4 is 5.32 Å². The SMILES string of the molecule is O=C(NCCCC(=O)N1CCN(S(=O)(=O)c2ccccc2Cl)CC1)c1ccsc1. The van der Waals surface area contributed by atoms with Crippen LogP contribution in [0.5, 0.6) is 0 Å². The first-order valence-corrected chi connectivity index (χ1v) is 12.0. The molecule has 1 aromatic carbocycles. The number of nitrogens with zero attached hydrogens (tertiary/aromatic N) is 2. The lowest BCUT2D eigenvalue weighted by atomic mass is 10.2. The van der Waals surface area contributed by atoms with E-state index in [0.29, 0.717) is 38.0 Å². The van der Waals surface area contributed by atoms with E-state index >= 15 is 0 Å². The molecule has 2 heterocycles. The van der Waals surface area contributed by atoms with Gasteiger partial charge >= 0.3 is 0 Å². The lowest BCUT2D eigenvalue weighted by Gasteiger charge is -2.34. The molecular formula is C19H22ClN3O4S2. The summed E-state index contributed by atoms with van der Waals surface area (Å²) in [6.07, 6.45) is 0.841. The fraction of sp³-hybridized carbons (Fsp3) is 0.368. The normalized spacial score (nSPS) is 15.3. The van der Waals surface area contributed by atoms with Gasteiger partial charge in [-0.1, -0.05) is 23.7 Å². The molecule has 2 amide bonds. The van der Waals surface area contributed by atoms with E-state index in [-0.39, 0.29) is 34.8 Å². The Morgan fingerprint density at radius 2 is 1.83 bits per heavy atom. The van der Waals surface area contributed by atoms with Crippen LogP contribution in [0.15, 0.2) is 46.0 Å². The van der Waals surface area contributed by atoms with Gasteiger partial charge in [-0.2, -0.15) is 15.6 Å². The lowest BCUT2D eigenvalue weighted by Crippen LogP contribution is -2.50. The van der Waals surface area contributed by atoms with Gasteiger partial charge in [0, 0.05) is 50.1 Å². The third kappa shape index (κ3) is 5.36. The monoisotopic (exact) mass is 455 g/mol. The second-order valence-electron chi connectivity index (χ2n) is 6.59. The number of thiophene rings is 1. The smallest absolute Gasteiger partial charge is 0.252 e. The first-order chi connectivity index (χ1) is 13.9. The van der Waals surface area contributed by atoms with Gasteiger partial charge < -0.3 is 10.2 Å². The highest BCUT2D eigenvalue weighted by molar-refractivity contribution is 7.89. The highest BCUT2D eigenvalue weighted by atomic mass is 35.5. The maximum absolute atomic E-state index is 12.8. The van der Waals surface area contributed by atoms with Gasteiger partial charge in [0.15, 0.2) is 0 Å². The van der Waals surface area contributed by atoms with Gasteiger partial charge in [0.1, 0.15) is 4.90 Å². The van der Waals surface area contributed by atoms with Gasteiger partial charge in [0.05, 0.1) is 5.02 Å². The fourth-order valence-electron chi connectivity index (χ4n) is 3.07. The van der Waals surface area contributed by atoms with E-state index in [1.165, 1.54) is 21.7 Å². The Morgan fingerprint density at radius 3 is 2.48 bits per heavy atom. The second kappa shape index (κ2) is 9.71. The maximum atomic E-state index is 12.8. The molecule has 1 aliphatic heterocycles. The van der Waals surface area contributed by atoms with Gasteiger partial charge in [0.25, 0.3) is 5.91 Å². The number of halogens is 1. The number of carbonyl (C=O) groups excluding carboxylic acids is 2. The summed E-state index contributed by atoms with van der Waals surface area (Å²) < 4.78 is 26.9.